The van der Waals surface area contributed by atoms with E-state index in [1.165, 1.54) is 0 Å². The molecule has 2 amide bonds. The van der Waals surface area contributed by atoms with Crippen LogP contribution in [0, 0.1) is 5.92 Å². The number of hydrogen-bond acceptors (Lipinski definition) is 3. The summed E-state index contributed by atoms with van der Waals surface area (Å²) in [5.74, 6) is -0.125. The fraction of sp³-hybridized carbons (Fsp3) is 0.529. The molecule has 1 aromatic rings. The maximum absolute atomic E-state index is 12.6. The largest absolute Gasteiger partial charge is 0.364 e. The molecule has 1 heterocycles. The number of ether oxygens (including phenoxy) is 1. The third-order valence-electron chi connectivity index (χ3n) is 3.86. The number of piperazine rings is 1. The van der Waals surface area contributed by atoms with Gasteiger partial charge in [0.2, 0.25) is 5.91 Å². The standard InChI is InChI=1S/C17H24N2O3/c1-12(2)15-16(20)18-9-10-19(15)17(21)13(3)22-11-14-7-5-4-6-8-14/h4-8,12-13,15H,9-11H2,1-3H3,(H,18,20). The highest BCUT2D eigenvalue weighted by molar-refractivity contribution is 5.90. The Morgan fingerprint density at radius 1 is 1.32 bits per heavy atom. The molecule has 2 unspecified atom stereocenters. The minimum absolute atomic E-state index is 0.0746. The molecule has 1 fully saturated rings. The molecule has 1 aromatic carbocycles. The van der Waals surface area contributed by atoms with Gasteiger partial charge in [0.05, 0.1) is 6.61 Å². The van der Waals surface area contributed by atoms with Gasteiger partial charge in [-0.15, -0.1) is 0 Å². The third-order valence-corrected chi connectivity index (χ3v) is 3.86. The Labute approximate surface area is 131 Å². The van der Waals surface area contributed by atoms with Crippen LogP contribution in [-0.2, 0) is 20.9 Å². The van der Waals surface area contributed by atoms with E-state index in [-0.39, 0.29) is 17.7 Å². The van der Waals surface area contributed by atoms with Crippen LogP contribution >= 0.6 is 0 Å². The molecule has 1 aliphatic heterocycles. The van der Waals surface area contributed by atoms with Crippen molar-refractivity contribution in [3.05, 3.63) is 35.9 Å². The number of carbonyl (C=O) groups is 2. The van der Waals surface area contributed by atoms with Gasteiger partial charge in [0.15, 0.2) is 0 Å². The van der Waals surface area contributed by atoms with E-state index in [4.69, 9.17) is 4.74 Å². The van der Waals surface area contributed by atoms with Crippen molar-refractivity contribution in [2.75, 3.05) is 13.1 Å². The molecule has 2 atom stereocenters. The zero-order valence-corrected chi connectivity index (χ0v) is 13.4. The summed E-state index contributed by atoms with van der Waals surface area (Å²) < 4.78 is 5.68. The molecule has 1 aliphatic rings. The van der Waals surface area contributed by atoms with Crippen LogP contribution in [0.2, 0.25) is 0 Å². The van der Waals surface area contributed by atoms with Crippen LogP contribution in [0.4, 0.5) is 0 Å². The molecular formula is C17H24N2O3. The molecule has 0 aromatic heterocycles. The first-order chi connectivity index (χ1) is 10.5. The molecule has 0 aliphatic carbocycles. The summed E-state index contributed by atoms with van der Waals surface area (Å²) in [6.07, 6.45) is -0.563. The predicted molar refractivity (Wildman–Crippen MR) is 84.0 cm³/mol. The van der Waals surface area contributed by atoms with Crippen LogP contribution in [0.5, 0.6) is 0 Å². The second-order valence-electron chi connectivity index (χ2n) is 5.95. The molecule has 0 bridgehead atoms. The highest BCUT2D eigenvalue weighted by atomic mass is 16.5. The molecule has 1 saturated heterocycles. The van der Waals surface area contributed by atoms with E-state index in [1.807, 2.05) is 44.2 Å². The van der Waals surface area contributed by atoms with E-state index in [0.717, 1.165) is 5.56 Å². The lowest BCUT2D eigenvalue weighted by Crippen LogP contribution is -2.60. The van der Waals surface area contributed by atoms with Crippen molar-refractivity contribution in [1.29, 1.82) is 0 Å². The van der Waals surface area contributed by atoms with E-state index in [1.54, 1.807) is 11.8 Å². The highest BCUT2D eigenvalue weighted by Crippen LogP contribution is 2.16. The van der Waals surface area contributed by atoms with Crippen molar-refractivity contribution < 1.29 is 14.3 Å². The Balaban J connectivity index is 1.98. The number of amides is 2. The normalized spacial score (nSPS) is 19.9. The van der Waals surface area contributed by atoms with E-state index in [0.29, 0.717) is 19.7 Å². The molecule has 0 saturated carbocycles. The van der Waals surface area contributed by atoms with Gasteiger partial charge in [0.25, 0.3) is 5.91 Å². The summed E-state index contributed by atoms with van der Waals surface area (Å²) in [7, 11) is 0. The maximum atomic E-state index is 12.6. The number of hydrogen-bond donors (Lipinski definition) is 1. The third kappa shape index (κ3) is 3.85. The molecule has 22 heavy (non-hydrogen) atoms. The van der Waals surface area contributed by atoms with Crippen LogP contribution in [0.1, 0.15) is 26.3 Å². The second-order valence-corrected chi connectivity index (χ2v) is 5.95. The molecular weight excluding hydrogens is 280 g/mol. The van der Waals surface area contributed by atoms with Gasteiger partial charge in [0.1, 0.15) is 12.1 Å². The van der Waals surface area contributed by atoms with Crippen LogP contribution in [0.25, 0.3) is 0 Å². The summed E-state index contributed by atoms with van der Waals surface area (Å²) in [5, 5.41) is 2.82. The monoisotopic (exact) mass is 304 g/mol. The first kappa shape index (κ1) is 16.5. The molecule has 0 spiro atoms. The Hall–Kier alpha value is -1.88. The summed E-state index contributed by atoms with van der Waals surface area (Å²) in [6.45, 7) is 7.07. The van der Waals surface area contributed by atoms with Gasteiger partial charge in [-0.2, -0.15) is 0 Å². The molecule has 5 nitrogen and oxygen atoms in total. The van der Waals surface area contributed by atoms with Crippen LogP contribution in [-0.4, -0.2) is 41.9 Å². The average molecular weight is 304 g/mol. The maximum Gasteiger partial charge on any atom is 0.252 e. The Morgan fingerprint density at radius 2 is 2.00 bits per heavy atom. The SMILES string of the molecule is CC(OCc1ccccc1)C(=O)N1CCNC(=O)C1C(C)C. The average Bonchev–Trinajstić information content (AvgIpc) is 2.52. The lowest BCUT2D eigenvalue weighted by atomic mass is 9.99. The summed E-state index contributed by atoms with van der Waals surface area (Å²) in [4.78, 5) is 26.3. The fourth-order valence-electron chi connectivity index (χ4n) is 2.69. The minimum atomic E-state index is -0.563. The van der Waals surface area contributed by atoms with Gasteiger partial charge in [-0.1, -0.05) is 44.2 Å². The minimum Gasteiger partial charge on any atom is -0.364 e. The predicted octanol–water partition coefficient (Wildman–Crippen LogP) is 1.57. The zero-order valence-electron chi connectivity index (χ0n) is 13.4. The molecule has 5 heteroatoms. The molecule has 1 N–H and O–H groups in total. The number of rotatable bonds is 5. The molecule has 0 radical (unpaired) electrons. The number of carbonyl (C=O) groups excluding carboxylic acids is 2. The number of nitrogens with zero attached hydrogens (tertiary/aromatic N) is 1. The van der Waals surface area contributed by atoms with Crippen LogP contribution in [0.15, 0.2) is 30.3 Å². The lowest BCUT2D eigenvalue weighted by Gasteiger charge is -2.38. The van der Waals surface area contributed by atoms with Crippen molar-refractivity contribution in [3.63, 3.8) is 0 Å². The van der Waals surface area contributed by atoms with Gasteiger partial charge in [-0.3, -0.25) is 9.59 Å². The first-order valence-electron chi connectivity index (χ1n) is 7.74. The van der Waals surface area contributed by atoms with E-state index < -0.39 is 12.1 Å². The fourth-order valence-corrected chi connectivity index (χ4v) is 2.69. The lowest BCUT2D eigenvalue weighted by molar-refractivity contribution is -0.153. The highest BCUT2D eigenvalue weighted by Gasteiger charge is 2.36. The Kier molecular flexibility index (Phi) is 5.55. The zero-order chi connectivity index (χ0) is 16.1. The van der Waals surface area contributed by atoms with Crippen LogP contribution in [0.3, 0.4) is 0 Å². The molecule has 2 rings (SSSR count). The number of nitrogens with one attached hydrogen (secondary N) is 1. The van der Waals surface area contributed by atoms with Crippen molar-refractivity contribution in [1.82, 2.24) is 10.2 Å². The van der Waals surface area contributed by atoms with E-state index >= 15 is 0 Å². The number of benzene rings is 1. The quantitative estimate of drug-likeness (QED) is 0.898. The van der Waals surface area contributed by atoms with E-state index in [9.17, 15) is 9.59 Å². The van der Waals surface area contributed by atoms with Gasteiger partial charge < -0.3 is 15.0 Å². The van der Waals surface area contributed by atoms with Crippen molar-refractivity contribution in [2.24, 2.45) is 5.92 Å². The summed E-state index contributed by atoms with van der Waals surface area (Å²) in [6, 6.07) is 9.33. The first-order valence-corrected chi connectivity index (χ1v) is 7.74. The van der Waals surface area contributed by atoms with Gasteiger partial charge in [-0.05, 0) is 18.4 Å². The smallest absolute Gasteiger partial charge is 0.252 e. The van der Waals surface area contributed by atoms with Crippen molar-refractivity contribution in [2.45, 2.75) is 39.5 Å². The summed E-state index contributed by atoms with van der Waals surface area (Å²) >= 11 is 0. The van der Waals surface area contributed by atoms with Crippen molar-refractivity contribution in [3.8, 4) is 0 Å². The van der Waals surface area contributed by atoms with Gasteiger partial charge >= 0.3 is 0 Å². The second kappa shape index (κ2) is 7.40. The Bertz CT molecular complexity index is 516. The molecule has 120 valence electrons. The van der Waals surface area contributed by atoms with Gasteiger partial charge in [0, 0.05) is 13.1 Å². The van der Waals surface area contributed by atoms with Crippen LogP contribution < -0.4 is 5.32 Å². The Morgan fingerprint density at radius 3 is 2.64 bits per heavy atom. The van der Waals surface area contributed by atoms with Crippen molar-refractivity contribution >= 4 is 11.8 Å². The van der Waals surface area contributed by atoms with E-state index in [2.05, 4.69) is 5.32 Å². The topological polar surface area (TPSA) is 58.6 Å². The summed E-state index contributed by atoms with van der Waals surface area (Å²) in [5.41, 5.74) is 1.03. The van der Waals surface area contributed by atoms with Gasteiger partial charge in [-0.25, -0.2) is 0 Å².